The molecular formula is C28H30F3N3O3. The number of hydrogen-bond donors (Lipinski definition) is 1. The molecule has 1 heterocycles. The number of hydrogen-bond acceptors (Lipinski definition) is 5. The molecule has 37 heavy (non-hydrogen) atoms. The number of phenols is 1. The number of methoxy groups -OCH3 is 1. The predicted molar refractivity (Wildman–Crippen MR) is 130 cm³/mol. The molecule has 0 aliphatic heterocycles. The second kappa shape index (κ2) is 8.67. The fraction of sp³-hybridized carbons (Fsp3) is 0.500. The number of aryl methyl sites for hydroxylation is 1. The largest absolute Gasteiger partial charge is 0.573 e. The van der Waals surface area contributed by atoms with E-state index in [0.29, 0.717) is 29.2 Å². The van der Waals surface area contributed by atoms with Crippen molar-refractivity contribution in [1.29, 1.82) is 0 Å². The number of halogens is 3. The minimum Gasteiger partial charge on any atom is -0.504 e. The van der Waals surface area contributed by atoms with Crippen LogP contribution in [0, 0.1) is 17.3 Å². The summed E-state index contributed by atoms with van der Waals surface area (Å²) in [6, 6.07) is 9.61. The van der Waals surface area contributed by atoms with Crippen LogP contribution in [0.3, 0.4) is 0 Å². The molecule has 0 saturated heterocycles. The molecule has 0 amide bonds. The zero-order valence-electron chi connectivity index (χ0n) is 20.8. The quantitative estimate of drug-likeness (QED) is 0.430. The average molecular weight is 514 g/mol. The van der Waals surface area contributed by atoms with E-state index < -0.39 is 6.36 Å². The second-order valence-corrected chi connectivity index (χ2v) is 10.9. The van der Waals surface area contributed by atoms with E-state index >= 15 is 0 Å². The molecule has 2 saturated carbocycles. The predicted octanol–water partition coefficient (Wildman–Crippen LogP) is 6.52. The Morgan fingerprint density at radius 1 is 1.08 bits per heavy atom. The molecule has 3 aliphatic carbocycles. The van der Waals surface area contributed by atoms with Crippen LogP contribution in [0.2, 0.25) is 0 Å². The van der Waals surface area contributed by atoms with Gasteiger partial charge in [0.05, 0.1) is 24.7 Å². The van der Waals surface area contributed by atoms with Gasteiger partial charge in [-0.25, -0.2) is 4.68 Å². The Morgan fingerprint density at radius 3 is 2.59 bits per heavy atom. The third kappa shape index (κ3) is 4.12. The van der Waals surface area contributed by atoms with Gasteiger partial charge in [-0.15, -0.1) is 18.3 Å². The lowest BCUT2D eigenvalue weighted by Crippen LogP contribution is -2.41. The molecule has 0 radical (unpaired) electrons. The lowest BCUT2D eigenvalue weighted by Gasteiger charge is -2.50. The number of rotatable bonds is 4. The van der Waals surface area contributed by atoms with Crippen LogP contribution in [0.1, 0.15) is 67.7 Å². The van der Waals surface area contributed by atoms with Crippen molar-refractivity contribution >= 4 is 0 Å². The van der Waals surface area contributed by atoms with Crippen LogP contribution >= 0.6 is 0 Å². The zero-order chi connectivity index (χ0) is 25.9. The maximum absolute atomic E-state index is 12.5. The van der Waals surface area contributed by atoms with E-state index in [1.807, 2.05) is 18.3 Å². The summed E-state index contributed by atoms with van der Waals surface area (Å²) in [4.78, 5) is 0. The summed E-state index contributed by atoms with van der Waals surface area (Å²) < 4.78 is 48.4. The second-order valence-electron chi connectivity index (χ2n) is 10.9. The standard InChI is InChI=1S/C28H30F3N3O3/c1-27-12-11-19-20(8-3-16-13-25(35)26(36-2)14-21(16)19)22(27)9-10-23(27)24-15-34(33-32-24)17-4-6-18(7-5-17)37-28(29,30)31/h4-7,13-15,19-20,22-23,35H,3,8-12H2,1-2H3/t19-,20+,22-,23+,27-/m0/s1. The molecule has 0 spiro atoms. The highest BCUT2D eigenvalue weighted by Crippen LogP contribution is 2.65. The van der Waals surface area contributed by atoms with Crippen molar-refractivity contribution in [2.45, 2.75) is 63.6 Å². The Balaban J connectivity index is 1.22. The van der Waals surface area contributed by atoms with Gasteiger partial charge >= 0.3 is 6.36 Å². The maximum atomic E-state index is 12.5. The molecule has 0 unspecified atom stereocenters. The highest BCUT2D eigenvalue weighted by Gasteiger charge is 2.55. The van der Waals surface area contributed by atoms with E-state index in [2.05, 4.69) is 22.0 Å². The summed E-state index contributed by atoms with van der Waals surface area (Å²) in [6.45, 7) is 2.40. The smallest absolute Gasteiger partial charge is 0.504 e. The summed E-state index contributed by atoms with van der Waals surface area (Å²) in [5, 5.41) is 19.1. The highest BCUT2D eigenvalue weighted by molar-refractivity contribution is 5.49. The van der Waals surface area contributed by atoms with Crippen molar-refractivity contribution in [2.75, 3.05) is 7.11 Å². The van der Waals surface area contributed by atoms with Crippen LogP contribution < -0.4 is 9.47 Å². The Hall–Kier alpha value is -3.23. The first-order valence-electron chi connectivity index (χ1n) is 12.8. The number of ether oxygens (including phenoxy) is 2. The van der Waals surface area contributed by atoms with Crippen LogP contribution in [-0.4, -0.2) is 33.6 Å². The van der Waals surface area contributed by atoms with Gasteiger partial charge in [0.2, 0.25) is 0 Å². The van der Waals surface area contributed by atoms with Crippen molar-refractivity contribution in [3.05, 3.63) is 59.4 Å². The first kappa shape index (κ1) is 24.1. The van der Waals surface area contributed by atoms with Gasteiger partial charge in [0.25, 0.3) is 0 Å². The Labute approximate surface area is 213 Å². The van der Waals surface area contributed by atoms with Gasteiger partial charge in [-0.3, -0.25) is 0 Å². The number of aromatic hydroxyl groups is 1. The first-order chi connectivity index (χ1) is 17.7. The molecule has 9 heteroatoms. The average Bonchev–Trinajstić information content (AvgIpc) is 3.47. The first-order valence-corrected chi connectivity index (χ1v) is 12.8. The Bertz CT molecular complexity index is 1310. The molecule has 1 N–H and O–H groups in total. The molecule has 5 atom stereocenters. The molecule has 0 bridgehead atoms. The maximum Gasteiger partial charge on any atom is 0.573 e. The van der Waals surface area contributed by atoms with E-state index in [1.54, 1.807) is 23.9 Å². The molecule has 6 nitrogen and oxygen atoms in total. The Morgan fingerprint density at radius 2 is 1.86 bits per heavy atom. The third-order valence-corrected chi connectivity index (χ3v) is 9.23. The van der Waals surface area contributed by atoms with Gasteiger partial charge in [0, 0.05) is 5.92 Å². The van der Waals surface area contributed by atoms with Crippen molar-refractivity contribution in [2.24, 2.45) is 17.3 Å². The number of alkyl halides is 3. The van der Waals surface area contributed by atoms with Crippen molar-refractivity contribution in [3.63, 3.8) is 0 Å². The fourth-order valence-electron chi connectivity index (χ4n) is 7.60. The minimum atomic E-state index is -4.72. The molecule has 1 aromatic heterocycles. The van der Waals surface area contributed by atoms with Crippen LogP contribution in [0.5, 0.6) is 17.2 Å². The normalized spacial score (nSPS) is 28.8. The van der Waals surface area contributed by atoms with Crippen molar-refractivity contribution < 1.29 is 27.8 Å². The lowest BCUT2D eigenvalue weighted by atomic mass is 9.54. The van der Waals surface area contributed by atoms with Gasteiger partial charge in [0.15, 0.2) is 11.5 Å². The number of benzene rings is 2. The summed E-state index contributed by atoms with van der Waals surface area (Å²) >= 11 is 0. The molecule has 2 fully saturated rings. The summed E-state index contributed by atoms with van der Waals surface area (Å²) in [5.41, 5.74) is 4.28. The topological polar surface area (TPSA) is 69.4 Å². The van der Waals surface area contributed by atoms with E-state index in [9.17, 15) is 18.3 Å². The van der Waals surface area contributed by atoms with Crippen LogP contribution in [0.15, 0.2) is 42.6 Å². The summed E-state index contributed by atoms with van der Waals surface area (Å²) in [6.07, 6.45) is 3.66. The number of phenolic OH excluding ortho intramolecular Hbond substituents is 1. The molecule has 6 rings (SSSR count). The lowest BCUT2D eigenvalue weighted by molar-refractivity contribution is -0.274. The van der Waals surface area contributed by atoms with Gasteiger partial charge in [-0.2, -0.15) is 0 Å². The summed E-state index contributed by atoms with van der Waals surface area (Å²) in [5.74, 6) is 2.42. The molecular weight excluding hydrogens is 483 g/mol. The monoisotopic (exact) mass is 513 g/mol. The minimum absolute atomic E-state index is 0.116. The van der Waals surface area contributed by atoms with Crippen LogP contribution in [0.25, 0.3) is 5.69 Å². The van der Waals surface area contributed by atoms with Gasteiger partial charge in [-0.1, -0.05) is 12.1 Å². The van der Waals surface area contributed by atoms with E-state index in [1.165, 1.54) is 23.3 Å². The van der Waals surface area contributed by atoms with Gasteiger partial charge in [0.1, 0.15) is 5.75 Å². The SMILES string of the molecule is COc1cc2c(cc1O)CC[C@@H]1[C@@H]2CC[C@]2(C)[C@@H](c3cn(-c4ccc(OC(F)(F)F)cc4)nn3)CC[C@@H]12. The zero-order valence-corrected chi connectivity index (χ0v) is 20.8. The highest BCUT2D eigenvalue weighted by atomic mass is 19.4. The molecule has 3 aliphatic rings. The molecule has 2 aromatic carbocycles. The fourth-order valence-corrected chi connectivity index (χ4v) is 7.60. The van der Waals surface area contributed by atoms with Crippen LogP contribution in [0.4, 0.5) is 13.2 Å². The number of aromatic nitrogens is 3. The molecule has 196 valence electrons. The van der Waals surface area contributed by atoms with E-state index in [0.717, 1.165) is 44.2 Å². The Kier molecular flexibility index (Phi) is 5.65. The van der Waals surface area contributed by atoms with E-state index in [4.69, 9.17) is 4.74 Å². The van der Waals surface area contributed by atoms with Gasteiger partial charge < -0.3 is 14.6 Å². The summed E-state index contributed by atoms with van der Waals surface area (Å²) in [7, 11) is 1.60. The van der Waals surface area contributed by atoms with E-state index in [-0.39, 0.29) is 22.8 Å². The van der Waals surface area contributed by atoms with Crippen LogP contribution in [-0.2, 0) is 6.42 Å². The third-order valence-electron chi connectivity index (χ3n) is 9.23. The number of nitrogens with zero attached hydrogens (tertiary/aromatic N) is 3. The van der Waals surface area contributed by atoms with Crippen molar-refractivity contribution in [1.82, 2.24) is 15.0 Å². The van der Waals surface area contributed by atoms with Gasteiger partial charge in [-0.05, 0) is 109 Å². The molecule has 3 aromatic rings. The van der Waals surface area contributed by atoms with Crippen molar-refractivity contribution in [3.8, 4) is 22.9 Å². The number of fused-ring (bicyclic) bond motifs is 5.